The van der Waals surface area contributed by atoms with Gasteiger partial charge in [-0.15, -0.1) is 5.10 Å². The summed E-state index contributed by atoms with van der Waals surface area (Å²) in [6, 6.07) is 6.88. The second-order valence-electron chi connectivity index (χ2n) is 10.1. The fourth-order valence-electron chi connectivity index (χ4n) is 4.65. The van der Waals surface area contributed by atoms with Gasteiger partial charge in [0.25, 0.3) is 5.82 Å². The molecule has 0 saturated heterocycles. The third kappa shape index (κ3) is 4.87. The lowest BCUT2D eigenvalue weighted by atomic mass is 10.1. The number of aromatic amines is 1. The molecule has 0 radical (unpaired) electrons. The monoisotopic (exact) mass is 548 g/mol. The highest BCUT2D eigenvalue weighted by atomic mass is 19.4. The molecule has 206 valence electrons. The predicted octanol–water partition coefficient (Wildman–Crippen LogP) is 5.72. The van der Waals surface area contributed by atoms with Crippen molar-refractivity contribution in [3.8, 4) is 22.8 Å². The number of halogens is 3. The van der Waals surface area contributed by atoms with Crippen molar-refractivity contribution in [3.05, 3.63) is 59.7 Å². The summed E-state index contributed by atoms with van der Waals surface area (Å²) >= 11 is 0. The minimum Gasteiger partial charge on any atom is -0.364 e. The Morgan fingerprint density at radius 1 is 1.05 bits per heavy atom. The third-order valence-corrected chi connectivity index (χ3v) is 6.81. The summed E-state index contributed by atoms with van der Waals surface area (Å²) in [5.41, 5.74) is 5.40. The SMILES string of the molecule is CCc1ncnc(C2CC2)c1-c1nc(NCc2ccc(-c3nc(C(F)(F)F)nn3C(C)C)cc2)c2[nH]cnc2n1. The fourth-order valence-corrected chi connectivity index (χ4v) is 4.65. The number of imidazole rings is 1. The molecule has 6 rings (SSSR count). The second kappa shape index (κ2) is 9.96. The zero-order chi connectivity index (χ0) is 28.0. The number of fused-ring (bicyclic) bond motifs is 1. The van der Waals surface area contributed by atoms with Crippen LogP contribution in [0.25, 0.3) is 33.9 Å². The summed E-state index contributed by atoms with van der Waals surface area (Å²) in [5, 5.41) is 7.05. The summed E-state index contributed by atoms with van der Waals surface area (Å²) in [7, 11) is 0. The van der Waals surface area contributed by atoms with Gasteiger partial charge in [0.05, 0.1) is 23.3 Å². The van der Waals surface area contributed by atoms with Gasteiger partial charge < -0.3 is 10.3 Å². The van der Waals surface area contributed by atoms with Crippen molar-refractivity contribution in [2.45, 2.75) is 64.7 Å². The maximum atomic E-state index is 13.2. The quantitative estimate of drug-likeness (QED) is 0.252. The molecule has 1 fully saturated rings. The molecule has 0 bridgehead atoms. The number of anilines is 1. The van der Waals surface area contributed by atoms with Crippen LogP contribution in [0.4, 0.5) is 19.0 Å². The van der Waals surface area contributed by atoms with E-state index in [1.807, 2.05) is 19.1 Å². The third-order valence-electron chi connectivity index (χ3n) is 6.81. The van der Waals surface area contributed by atoms with E-state index in [2.05, 4.69) is 35.3 Å². The number of nitrogens with zero attached hydrogens (tertiary/aromatic N) is 8. The first-order valence-electron chi connectivity index (χ1n) is 13.1. The molecular weight excluding hydrogens is 521 g/mol. The van der Waals surface area contributed by atoms with E-state index in [0.717, 1.165) is 41.8 Å². The van der Waals surface area contributed by atoms with Crippen molar-refractivity contribution in [1.29, 1.82) is 0 Å². The molecule has 0 aliphatic heterocycles. The number of nitrogens with one attached hydrogen (secondary N) is 2. The van der Waals surface area contributed by atoms with Gasteiger partial charge in [-0.1, -0.05) is 31.2 Å². The second-order valence-corrected chi connectivity index (χ2v) is 10.1. The van der Waals surface area contributed by atoms with Gasteiger partial charge in [-0.2, -0.15) is 13.2 Å². The minimum atomic E-state index is -4.61. The summed E-state index contributed by atoms with van der Waals surface area (Å²) in [5.74, 6) is 0.536. The van der Waals surface area contributed by atoms with Crippen LogP contribution in [0.1, 0.15) is 68.3 Å². The first kappa shape index (κ1) is 25.8. The zero-order valence-corrected chi connectivity index (χ0v) is 22.2. The van der Waals surface area contributed by atoms with Crippen LogP contribution in [0.5, 0.6) is 0 Å². The molecule has 10 nitrogen and oxygen atoms in total. The van der Waals surface area contributed by atoms with Crippen LogP contribution in [0.2, 0.25) is 0 Å². The molecule has 1 aliphatic carbocycles. The van der Waals surface area contributed by atoms with Gasteiger partial charge in [0.15, 0.2) is 23.1 Å². The molecule has 4 heterocycles. The van der Waals surface area contributed by atoms with Crippen molar-refractivity contribution in [1.82, 2.24) is 44.7 Å². The highest BCUT2D eigenvalue weighted by Crippen LogP contribution is 2.43. The fraction of sp³-hybridized carbons (Fsp3) is 0.370. The van der Waals surface area contributed by atoms with Gasteiger partial charge in [0.2, 0.25) is 0 Å². The summed E-state index contributed by atoms with van der Waals surface area (Å²) in [6.07, 6.45) is 1.47. The molecule has 5 aromatic rings. The molecule has 0 atom stereocenters. The number of hydrogen-bond donors (Lipinski definition) is 2. The van der Waals surface area contributed by atoms with Crippen molar-refractivity contribution >= 4 is 17.0 Å². The number of benzene rings is 1. The lowest BCUT2D eigenvalue weighted by Crippen LogP contribution is -2.10. The number of aryl methyl sites for hydroxylation is 1. The molecule has 0 unspecified atom stereocenters. The van der Waals surface area contributed by atoms with Crippen LogP contribution in [0.15, 0.2) is 36.9 Å². The Morgan fingerprint density at radius 2 is 1.82 bits per heavy atom. The molecule has 4 aromatic heterocycles. The van der Waals surface area contributed by atoms with Crippen LogP contribution < -0.4 is 5.32 Å². The first-order chi connectivity index (χ1) is 19.2. The Labute approximate surface area is 227 Å². The Kier molecular flexibility index (Phi) is 6.43. The number of hydrogen-bond acceptors (Lipinski definition) is 8. The molecule has 13 heteroatoms. The van der Waals surface area contributed by atoms with E-state index in [0.29, 0.717) is 40.8 Å². The lowest BCUT2D eigenvalue weighted by molar-refractivity contribution is -0.145. The van der Waals surface area contributed by atoms with Gasteiger partial charge in [0.1, 0.15) is 11.8 Å². The molecule has 2 N–H and O–H groups in total. The van der Waals surface area contributed by atoms with E-state index in [1.54, 1.807) is 38.6 Å². The molecule has 0 spiro atoms. The van der Waals surface area contributed by atoms with Gasteiger partial charge in [0, 0.05) is 24.1 Å². The van der Waals surface area contributed by atoms with E-state index >= 15 is 0 Å². The molecule has 1 aliphatic rings. The molecule has 1 aromatic carbocycles. The highest BCUT2D eigenvalue weighted by molar-refractivity contribution is 5.85. The smallest absolute Gasteiger partial charge is 0.364 e. The molecule has 1 saturated carbocycles. The van der Waals surface area contributed by atoms with Crippen LogP contribution in [0, 0.1) is 0 Å². The van der Waals surface area contributed by atoms with Crippen LogP contribution in [0.3, 0.4) is 0 Å². The van der Waals surface area contributed by atoms with Crippen molar-refractivity contribution in [2.24, 2.45) is 0 Å². The van der Waals surface area contributed by atoms with E-state index < -0.39 is 12.0 Å². The van der Waals surface area contributed by atoms with Gasteiger partial charge in [-0.25, -0.2) is 34.6 Å². The molecule has 0 amide bonds. The van der Waals surface area contributed by atoms with Crippen molar-refractivity contribution < 1.29 is 13.2 Å². The van der Waals surface area contributed by atoms with Gasteiger partial charge >= 0.3 is 6.18 Å². The standard InChI is InChI=1S/C27H27F3N10/c1-4-18-19(20(16-9-10-16)33-12-32-18)22-36-23(21-24(37-22)35-13-34-21)31-11-15-5-7-17(8-6-15)25-38-26(27(28,29)30)39-40(25)14(2)3/h5-8,12-14,16H,4,9-11H2,1-3H3,(H2,31,34,35,36,37). The van der Waals surface area contributed by atoms with Crippen molar-refractivity contribution in [2.75, 3.05) is 5.32 Å². The highest BCUT2D eigenvalue weighted by Gasteiger charge is 2.37. The normalized spacial score (nSPS) is 13.9. The van der Waals surface area contributed by atoms with E-state index in [1.165, 1.54) is 4.68 Å². The van der Waals surface area contributed by atoms with E-state index in [9.17, 15) is 13.2 Å². The molecular formula is C27H27F3N10. The summed E-state index contributed by atoms with van der Waals surface area (Å²) in [4.78, 5) is 29.9. The van der Waals surface area contributed by atoms with E-state index in [-0.39, 0.29) is 11.9 Å². The Hall–Kier alpha value is -4.42. The first-order valence-corrected chi connectivity index (χ1v) is 13.1. The average Bonchev–Trinajstić information content (AvgIpc) is 3.48. The number of aromatic nitrogens is 9. The van der Waals surface area contributed by atoms with Crippen LogP contribution in [-0.4, -0.2) is 44.7 Å². The average molecular weight is 549 g/mol. The van der Waals surface area contributed by atoms with Crippen LogP contribution in [-0.2, 0) is 19.1 Å². The topological polar surface area (TPSA) is 123 Å². The predicted molar refractivity (Wildman–Crippen MR) is 142 cm³/mol. The maximum absolute atomic E-state index is 13.2. The minimum absolute atomic E-state index is 0.171. The zero-order valence-electron chi connectivity index (χ0n) is 22.2. The largest absolute Gasteiger partial charge is 0.453 e. The van der Waals surface area contributed by atoms with Gasteiger partial charge in [-0.05, 0) is 38.7 Å². The number of alkyl halides is 3. The van der Waals surface area contributed by atoms with Crippen molar-refractivity contribution in [3.63, 3.8) is 0 Å². The van der Waals surface area contributed by atoms with E-state index in [4.69, 9.17) is 9.97 Å². The van der Waals surface area contributed by atoms with Crippen LogP contribution >= 0.6 is 0 Å². The number of rotatable bonds is 8. The molecule has 40 heavy (non-hydrogen) atoms. The Balaban J connectivity index is 1.29. The summed E-state index contributed by atoms with van der Waals surface area (Å²) < 4.78 is 41.0. The summed E-state index contributed by atoms with van der Waals surface area (Å²) in [6.45, 7) is 5.99. The maximum Gasteiger partial charge on any atom is 0.453 e. The van der Waals surface area contributed by atoms with Gasteiger partial charge in [-0.3, -0.25) is 0 Å². The Bertz CT molecular complexity index is 1670. The lowest BCUT2D eigenvalue weighted by Gasteiger charge is -2.13. The Morgan fingerprint density at radius 3 is 2.50 bits per heavy atom. The number of H-pyrrole nitrogens is 1.